The molecule has 0 unspecified atom stereocenters. The molecule has 0 aliphatic rings. The Morgan fingerprint density at radius 1 is 1.40 bits per heavy atom. The van der Waals surface area contributed by atoms with E-state index in [2.05, 4.69) is 0 Å². The number of hydrogen-bond acceptors (Lipinski definition) is 1. The summed E-state index contributed by atoms with van der Waals surface area (Å²) in [5, 5.41) is 6.25. The summed E-state index contributed by atoms with van der Waals surface area (Å²) in [6, 6.07) is 0. The molecule has 0 aromatic rings. The van der Waals surface area contributed by atoms with Crippen LogP contribution in [0.25, 0.3) is 0 Å². The summed E-state index contributed by atoms with van der Waals surface area (Å²) in [7, 11) is 0. The minimum Gasteiger partial charge on any atom is -1.00 e. The summed E-state index contributed by atoms with van der Waals surface area (Å²) in [4.78, 5) is 0. The summed E-state index contributed by atoms with van der Waals surface area (Å²) in [6.45, 7) is 4.75. The first-order valence-electron chi connectivity index (χ1n) is 0.224. The van der Waals surface area contributed by atoms with Crippen LogP contribution in [0.4, 0.5) is 0 Å². The van der Waals surface area contributed by atoms with Crippen molar-refractivity contribution in [2.45, 2.75) is 0 Å². The molecule has 5 heavy (non-hydrogen) atoms. The average Bonchev–Trinajstić information content (AvgIpc) is 1.00. The molecule has 0 aromatic carbocycles. The summed E-state index contributed by atoms with van der Waals surface area (Å²) < 4.78 is 0. The van der Waals surface area contributed by atoms with E-state index >= 15 is 0 Å². The van der Waals surface area contributed by atoms with Gasteiger partial charge in [-0.1, -0.05) is 0 Å². The molecular weight excluding hydrogens is 160 g/mol. The molecule has 0 heterocycles. The molecule has 0 N–H and O–H groups in total. The van der Waals surface area contributed by atoms with Crippen LogP contribution in [0.15, 0.2) is 0 Å². The van der Waals surface area contributed by atoms with Gasteiger partial charge in [0.25, 0.3) is 0 Å². The molecule has 1 nitrogen and oxygen atoms in total. The van der Waals surface area contributed by atoms with E-state index in [1.807, 2.05) is 0 Å². The Bertz CT molecular complexity index is 20.3. The Morgan fingerprint density at radius 2 is 1.40 bits per heavy atom. The summed E-state index contributed by atoms with van der Waals surface area (Å²) in [6.07, 6.45) is 0. The molecule has 0 aliphatic heterocycles. The van der Waals surface area contributed by atoms with Gasteiger partial charge in [0.2, 0.25) is 0 Å². The van der Waals surface area contributed by atoms with Gasteiger partial charge >= 0.3 is 29.6 Å². The Hall–Kier alpha value is 1.53. The largest absolute Gasteiger partial charge is 1.00 e. The molecule has 0 bridgehead atoms. The van der Waals surface area contributed by atoms with Crippen molar-refractivity contribution in [2.24, 2.45) is 0 Å². The van der Waals surface area contributed by atoms with E-state index in [1.54, 1.807) is 0 Å². The van der Waals surface area contributed by atoms with Gasteiger partial charge in [-0.05, 0) is 0 Å². The SMILES string of the molecule is [C-]#N.[Fe].[H-].[Mn].[Na+]. The number of nitrogens with zero attached hydrogens (tertiary/aromatic N) is 1. The first-order valence-corrected chi connectivity index (χ1v) is 0.224. The van der Waals surface area contributed by atoms with Crippen molar-refractivity contribution < 1.29 is 65.1 Å². The van der Waals surface area contributed by atoms with E-state index in [0.29, 0.717) is 0 Å². The van der Waals surface area contributed by atoms with Crippen molar-refractivity contribution in [2.75, 3.05) is 0 Å². The zero-order chi connectivity index (χ0) is 2.00. The van der Waals surface area contributed by atoms with Crippen molar-refractivity contribution in [1.29, 1.82) is 5.26 Å². The molecule has 1 radical (unpaired) electrons. The first-order chi connectivity index (χ1) is 1.00. The van der Waals surface area contributed by atoms with Crippen molar-refractivity contribution in [3.05, 3.63) is 6.57 Å². The van der Waals surface area contributed by atoms with Gasteiger partial charge in [-0.25, -0.2) is 0 Å². The van der Waals surface area contributed by atoms with Gasteiger partial charge in [0.1, 0.15) is 0 Å². The second-order valence-electron chi connectivity index (χ2n) is 0. The third-order valence-electron chi connectivity index (χ3n) is 0. The first kappa shape index (κ1) is 31.2. The fraction of sp³-hybridized carbons (Fsp3) is 0. The van der Waals surface area contributed by atoms with E-state index in [0.717, 1.165) is 0 Å². The summed E-state index contributed by atoms with van der Waals surface area (Å²) in [5.41, 5.74) is 0. The van der Waals surface area contributed by atoms with Crippen LogP contribution < -0.4 is 29.6 Å². The van der Waals surface area contributed by atoms with Crippen LogP contribution in [-0.2, 0) is 34.1 Å². The number of rotatable bonds is 0. The zero-order valence-electron chi connectivity index (χ0n) is 3.68. The Balaban J connectivity index is -0.000000000833. The van der Waals surface area contributed by atoms with E-state index in [9.17, 15) is 0 Å². The second kappa shape index (κ2) is 48.5. The predicted molar refractivity (Wildman–Crippen MR) is 6.08 cm³/mol. The fourth-order valence-electron chi connectivity index (χ4n) is 0. The Labute approximate surface area is 76.2 Å². The standard InChI is InChI=1S/CN.Fe.Mn.Na.H/c1-2;;;;/q-1;;;+1;-1. The zero-order valence-corrected chi connectivity index (χ0v) is 6.96. The topological polar surface area (TPSA) is 23.8 Å². The predicted octanol–water partition coefficient (Wildman–Crippen LogP) is -2.79. The van der Waals surface area contributed by atoms with Crippen LogP contribution in [0.1, 0.15) is 1.43 Å². The van der Waals surface area contributed by atoms with Crippen LogP contribution in [-0.4, -0.2) is 0 Å². The van der Waals surface area contributed by atoms with E-state index < -0.39 is 0 Å². The fourth-order valence-corrected chi connectivity index (χ4v) is 0. The van der Waals surface area contributed by atoms with E-state index in [4.69, 9.17) is 11.8 Å². The minimum absolute atomic E-state index is 0. The van der Waals surface area contributed by atoms with Gasteiger partial charge < -0.3 is 13.3 Å². The Kier molecular flexibility index (Phi) is 303. The molecule has 0 saturated heterocycles. The molecule has 0 amide bonds. The minimum atomic E-state index is 0. The van der Waals surface area contributed by atoms with Gasteiger partial charge in [-0.15, -0.1) is 0 Å². The molecule has 0 aliphatic carbocycles. The van der Waals surface area contributed by atoms with Crippen LogP contribution >= 0.6 is 0 Å². The smallest absolute Gasteiger partial charge is 1.00 e. The quantitative estimate of drug-likeness (QED) is 0.278. The molecule has 0 aromatic heterocycles. The van der Waals surface area contributed by atoms with Crippen molar-refractivity contribution >= 4 is 0 Å². The summed E-state index contributed by atoms with van der Waals surface area (Å²) >= 11 is 0. The summed E-state index contributed by atoms with van der Waals surface area (Å²) in [5.74, 6) is 0. The monoisotopic (exact) mass is 161 g/mol. The molecule has 27 valence electrons. The van der Waals surface area contributed by atoms with Crippen LogP contribution in [0, 0.1) is 11.8 Å². The molecule has 0 rings (SSSR count). The second-order valence-corrected chi connectivity index (χ2v) is 0. The van der Waals surface area contributed by atoms with Crippen LogP contribution in [0.2, 0.25) is 0 Å². The maximum atomic E-state index is 6.25. The molecule has 4 heteroatoms. The molecular formula is CHFeMnNNa-. The number of hydrogen-bond donors (Lipinski definition) is 0. The van der Waals surface area contributed by atoms with Gasteiger partial charge in [0.05, 0.1) is 0 Å². The maximum Gasteiger partial charge on any atom is 1.00 e. The van der Waals surface area contributed by atoms with Gasteiger partial charge in [0, 0.05) is 34.1 Å². The molecule has 0 saturated carbocycles. The van der Waals surface area contributed by atoms with Gasteiger partial charge in [-0.3, -0.25) is 0 Å². The third kappa shape index (κ3) is 29.5. The van der Waals surface area contributed by atoms with Gasteiger partial charge in [-0.2, -0.15) is 0 Å². The van der Waals surface area contributed by atoms with Crippen LogP contribution in [0.5, 0.6) is 0 Å². The van der Waals surface area contributed by atoms with Crippen molar-refractivity contribution in [1.82, 2.24) is 0 Å². The molecule has 0 atom stereocenters. The van der Waals surface area contributed by atoms with Crippen molar-refractivity contribution in [3.8, 4) is 0 Å². The molecule has 0 fully saturated rings. The Morgan fingerprint density at radius 3 is 1.40 bits per heavy atom. The maximum absolute atomic E-state index is 6.25. The molecule has 0 spiro atoms. The average molecular weight is 161 g/mol. The van der Waals surface area contributed by atoms with Crippen molar-refractivity contribution in [3.63, 3.8) is 0 Å². The van der Waals surface area contributed by atoms with Crippen LogP contribution in [0.3, 0.4) is 0 Å². The van der Waals surface area contributed by atoms with E-state index in [1.165, 1.54) is 0 Å². The normalized spacial score (nSPS) is 0.400. The third-order valence-corrected chi connectivity index (χ3v) is 0. The van der Waals surface area contributed by atoms with Gasteiger partial charge in [0.15, 0.2) is 0 Å². The van der Waals surface area contributed by atoms with E-state index in [-0.39, 0.29) is 65.1 Å².